The van der Waals surface area contributed by atoms with Gasteiger partial charge in [0.15, 0.2) is 34.8 Å². The number of ether oxygens (including phenoxy) is 1. The predicted octanol–water partition coefficient (Wildman–Crippen LogP) is 10.7. The maximum absolute atomic E-state index is 14.4. The quantitative estimate of drug-likeness (QED) is 0.0976. The van der Waals surface area contributed by atoms with E-state index < -0.39 is 29.1 Å². The molecule has 124 heavy (non-hydrogen) atoms. The van der Waals surface area contributed by atoms with Crippen LogP contribution in [0.25, 0.3) is 0 Å². The first-order chi connectivity index (χ1) is 59.4. The lowest BCUT2D eigenvalue weighted by molar-refractivity contribution is 0.185. The van der Waals surface area contributed by atoms with Crippen molar-refractivity contribution in [2.24, 2.45) is 116 Å². The summed E-state index contributed by atoms with van der Waals surface area (Å²) in [6.45, 7) is 16.7. The van der Waals surface area contributed by atoms with Gasteiger partial charge in [0.2, 0.25) is 23.8 Å². The second kappa shape index (κ2) is 33.4. The predicted molar refractivity (Wildman–Crippen MR) is 468 cm³/mol. The Morgan fingerprint density at radius 3 is 0.968 bits per heavy atom. The fourth-order valence-corrected chi connectivity index (χ4v) is 22.5. The van der Waals surface area contributed by atoms with Crippen molar-refractivity contribution in [3.63, 3.8) is 0 Å². The normalized spacial score (nSPS) is 24.5. The van der Waals surface area contributed by atoms with E-state index in [1.807, 2.05) is 0 Å². The maximum Gasteiger partial charge on any atom is 0.264 e. The minimum absolute atomic E-state index is 0.00495. The summed E-state index contributed by atoms with van der Waals surface area (Å²) in [6.07, 6.45) is 17.6. The summed E-state index contributed by atoms with van der Waals surface area (Å²) in [4.78, 5) is 98.8. The summed E-state index contributed by atoms with van der Waals surface area (Å²) in [7, 11) is 8.32. The van der Waals surface area contributed by atoms with Crippen LogP contribution in [0.4, 0.5) is 50.1 Å². The first kappa shape index (κ1) is 85.7. The van der Waals surface area contributed by atoms with Gasteiger partial charge >= 0.3 is 0 Å². The Balaban J connectivity index is 0.000000117. The summed E-state index contributed by atoms with van der Waals surface area (Å²) in [5.41, 5.74) is 33.4. The molecule has 4 saturated carbocycles. The molecule has 4 aromatic carbocycles. The number of aliphatic imine (C=N–C) groups is 4. The first-order valence-corrected chi connectivity index (χ1v) is 44.0. The molecule has 12 heterocycles. The van der Waals surface area contributed by atoms with Crippen LogP contribution >= 0.6 is 0 Å². The molecule has 8 atom stereocenters. The molecule has 656 valence electrons. The zero-order valence-electron chi connectivity index (χ0n) is 72.2. The smallest absolute Gasteiger partial charge is 0.264 e. The lowest BCUT2D eigenvalue weighted by atomic mass is 9.73. The molecular weight excluding hydrogens is 1590 g/mol. The SMILES string of the molecule is COc1ccc(C2=NCc3nc(N4CCC5(CC[C@@H](C)[C@H]5N)CC4)n(C)c(=O)c32)cc1F.C[C@@H]1CCC2(CCN(c3nc4c(c(=O)n3C)C(c3ccc(F)c(F)c3)=NC4)CC2)[C@@H]1N.C[C@@H]1CCC2(CCN(c3nc4c(c(=O)n3C)C(c3cccc(F)c3)=NC4)CC2)[C@@H]1N.C[C@@H]1CCC2(CCN(c3nc4c(c(=O)n3C)C(c3cccc(F)c3F)=NC4)CC2)[C@@H]1N. The van der Waals surface area contributed by atoms with E-state index >= 15 is 0 Å². The van der Waals surface area contributed by atoms with Crippen LogP contribution in [0.15, 0.2) is 118 Å². The van der Waals surface area contributed by atoms with Crippen molar-refractivity contribution in [1.29, 1.82) is 0 Å². The molecule has 0 radical (unpaired) electrons. The maximum atomic E-state index is 14.4. The molecule has 4 aliphatic carbocycles. The Labute approximate surface area is 716 Å². The zero-order valence-corrected chi connectivity index (χ0v) is 72.2. The molecule has 31 heteroatoms. The number of methoxy groups -OCH3 is 1. The number of nitrogens with zero attached hydrogens (tertiary/aromatic N) is 16. The third-order valence-corrected chi connectivity index (χ3v) is 30.6. The van der Waals surface area contributed by atoms with E-state index in [2.05, 4.69) is 67.3 Å². The van der Waals surface area contributed by atoms with Crippen LogP contribution in [0.3, 0.4) is 0 Å². The number of halogens is 6. The Kier molecular flexibility index (Phi) is 23.1. The molecule has 8 fully saturated rings. The largest absolute Gasteiger partial charge is 0.494 e. The van der Waals surface area contributed by atoms with Gasteiger partial charge in [0.1, 0.15) is 5.82 Å². The number of piperidine rings is 4. The standard InChI is InChI=1S/C24H30FN5O2.2C23H27F2N5O.C23H28FN5O/c1-14-6-7-24(21(14)26)8-10-30(11-9-24)23-28-17-13-27-20(19(17)22(31)29(23)2)15-4-5-18(32-3)16(25)12-15;1-13-5-6-23(20(13)26)7-9-30(10-8-23)22-28-17-12-27-19(18(17)21(31)29(22)2)14-3-4-15(24)16(25)11-14;1-13-6-7-23(20(13)26)8-10-30(11-9-23)22-28-16-12-27-19(17(16)21(31)29(22)2)14-4-3-5-15(24)18(14)25;1-14-6-7-23(20(14)25)8-10-29(11-9-23)22-27-17-13-26-19(18(17)21(30)28(22)2)15-4-3-5-16(24)12-15/h4-5,12,14,21H,6-11,13,26H2,1-3H3;3-4,11,13,20H,5-10,12,26H2,1-2H3;3-5,13,20H,6-12,26H2,1-2H3;3-5,12,14,20H,6-11,13,25H2,1-2H3/t14-,21-;2*13-,20-;14-,20-/m1111/s1. The fourth-order valence-electron chi connectivity index (χ4n) is 22.5. The minimum atomic E-state index is -0.997. The van der Waals surface area contributed by atoms with E-state index in [9.17, 15) is 45.5 Å². The lowest BCUT2D eigenvalue weighted by Crippen LogP contribution is -2.49. The molecule has 8 aromatic rings. The van der Waals surface area contributed by atoms with Gasteiger partial charge in [0, 0.05) is 127 Å². The monoisotopic (exact) mass is 1700 g/mol. The van der Waals surface area contributed by atoms with E-state index in [0.717, 1.165) is 128 Å². The number of fused-ring (bicyclic) bond motifs is 4. The van der Waals surface area contributed by atoms with E-state index in [1.54, 1.807) is 66.2 Å². The summed E-state index contributed by atoms with van der Waals surface area (Å²) in [5.74, 6) is 0.372. The number of nitrogens with two attached hydrogens (primary N) is 4. The highest BCUT2D eigenvalue weighted by atomic mass is 19.2. The molecule has 0 amide bonds. The number of hydrogen-bond acceptors (Lipinski definition) is 21. The van der Waals surface area contributed by atoms with Gasteiger partial charge in [-0.2, -0.15) is 0 Å². The molecule has 0 unspecified atom stereocenters. The molecule has 20 rings (SSSR count). The van der Waals surface area contributed by atoms with Crippen LogP contribution in [-0.2, 0) is 54.4 Å². The third-order valence-electron chi connectivity index (χ3n) is 30.6. The van der Waals surface area contributed by atoms with Crippen molar-refractivity contribution in [3.8, 4) is 5.75 Å². The average molecular weight is 1700 g/mol. The minimum Gasteiger partial charge on any atom is -0.494 e. The van der Waals surface area contributed by atoms with Crippen molar-refractivity contribution in [2.75, 3.05) is 79.1 Å². The zero-order chi connectivity index (χ0) is 87.5. The molecule has 8 N–H and O–H groups in total. The second-order valence-corrected chi connectivity index (χ2v) is 37.2. The Morgan fingerprint density at radius 2 is 0.661 bits per heavy atom. The van der Waals surface area contributed by atoms with Gasteiger partial charge in [-0.3, -0.25) is 57.4 Å². The van der Waals surface area contributed by atoms with Crippen LogP contribution in [0, 0.1) is 80.2 Å². The summed E-state index contributed by atoms with van der Waals surface area (Å²) in [6, 6.07) is 19.3. The molecule has 0 bridgehead atoms. The van der Waals surface area contributed by atoms with Crippen molar-refractivity contribution in [2.45, 2.75) is 181 Å². The van der Waals surface area contributed by atoms with Crippen LogP contribution in [0.2, 0.25) is 0 Å². The van der Waals surface area contributed by atoms with E-state index in [0.29, 0.717) is 134 Å². The lowest BCUT2D eigenvalue weighted by Gasteiger charge is -2.43. The van der Waals surface area contributed by atoms with Crippen molar-refractivity contribution in [1.82, 2.24) is 38.2 Å². The first-order valence-electron chi connectivity index (χ1n) is 44.0. The van der Waals surface area contributed by atoms with Crippen molar-refractivity contribution < 1.29 is 31.1 Å². The van der Waals surface area contributed by atoms with E-state index in [4.69, 9.17) is 47.6 Å². The molecule has 4 aromatic heterocycles. The van der Waals surface area contributed by atoms with Crippen LogP contribution in [-0.4, -0.2) is 145 Å². The molecular formula is C93H112F6N20O5. The molecule has 8 aliphatic heterocycles. The van der Waals surface area contributed by atoms with E-state index in [-0.39, 0.29) is 110 Å². The van der Waals surface area contributed by atoms with Gasteiger partial charge in [0.25, 0.3) is 22.2 Å². The van der Waals surface area contributed by atoms with Crippen LogP contribution in [0.1, 0.15) is 198 Å². The van der Waals surface area contributed by atoms with Gasteiger partial charge in [0.05, 0.1) is 101 Å². The second-order valence-electron chi connectivity index (χ2n) is 37.2. The number of anilines is 4. The number of rotatable bonds is 9. The number of hydrogen-bond donors (Lipinski definition) is 4. The summed E-state index contributed by atoms with van der Waals surface area (Å²) in [5, 5.41) is 0. The van der Waals surface area contributed by atoms with Gasteiger partial charge < -0.3 is 47.3 Å². The molecule has 25 nitrogen and oxygen atoms in total. The Bertz CT molecular complexity index is 5930. The average Bonchev–Trinajstić information content (AvgIpc) is 1.58. The Morgan fingerprint density at radius 1 is 0.355 bits per heavy atom. The van der Waals surface area contributed by atoms with Gasteiger partial charge in [-0.05, 0) is 209 Å². The van der Waals surface area contributed by atoms with Crippen LogP contribution < -0.4 is 69.5 Å². The summed E-state index contributed by atoms with van der Waals surface area (Å²) >= 11 is 0. The number of aromatic nitrogens is 8. The summed E-state index contributed by atoms with van der Waals surface area (Å²) < 4.78 is 94.4. The highest BCUT2D eigenvalue weighted by molar-refractivity contribution is 6.17. The van der Waals surface area contributed by atoms with Gasteiger partial charge in [-0.15, -0.1) is 0 Å². The third kappa shape index (κ3) is 15.0. The number of benzene rings is 4. The van der Waals surface area contributed by atoms with Crippen molar-refractivity contribution in [3.05, 3.63) is 222 Å². The van der Waals surface area contributed by atoms with Gasteiger partial charge in [-0.25, -0.2) is 46.3 Å². The molecule has 12 aliphatic rings. The molecule has 4 saturated heterocycles. The Hall–Kier alpha value is -10.5. The van der Waals surface area contributed by atoms with Gasteiger partial charge in [-0.1, -0.05) is 45.9 Å². The topological polar surface area (TPSA) is 315 Å². The fraction of sp³-hybridized carbons (Fsp3) is 0.527. The highest BCUT2D eigenvalue weighted by Gasteiger charge is 2.51. The van der Waals surface area contributed by atoms with Crippen molar-refractivity contribution >= 4 is 46.6 Å². The molecule has 4 spiro atoms. The highest BCUT2D eigenvalue weighted by Crippen LogP contribution is 2.53. The van der Waals surface area contributed by atoms with Crippen LogP contribution in [0.5, 0.6) is 5.75 Å². The van der Waals surface area contributed by atoms with E-state index in [1.165, 1.54) is 93.0 Å².